The van der Waals surface area contributed by atoms with E-state index in [-0.39, 0.29) is 5.91 Å². The van der Waals surface area contributed by atoms with Gasteiger partial charge in [-0.05, 0) is 23.6 Å². The molecule has 0 unspecified atom stereocenters. The predicted octanol–water partition coefficient (Wildman–Crippen LogP) is 1.89. The smallest absolute Gasteiger partial charge is 0.274 e. The quantitative estimate of drug-likeness (QED) is 0.788. The van der Waals surface area contributed by atoms with Crippen molar-refractivity contribution in [2.45, 2.75) is 0 Å². The average Bonchev–Trinajstić information content (AvgIpc) is 3.33. The summed E-state index contributed by atoms with van der Waals surface area (Å²) in [7, 11) is 0. The summed E-state index contributed by atoms with van der Waals surface area (Å²) in [5.41, 5.74) is 1.34. The van der Waals surface area contributed by atoms with Gasteiger partial charge in [-0.2, -0.15) is 5.10 Å². The van der Waals surface area contributed by atoms with Crippen LogP contribution >= 0.6 is 11.3 Å². The van der Waals surface area contributed by atoms with E-state index >= 15 is 0 Å². The van der Waals surface area contributed by atoms with Gasteiger partial charge in [-0.1, -0.05) is 6.07 Å². The number of nitrogens with zero attached hydrogens (tertiary/aromatic N) is 5. The molecule has 8 heteroatoms. The van der Waals surface area contributed by atoms with E-state index < -0.39 is 0 Å². The summed E-state index contributed by atoms with van der Waals surface area (Å²) in [6.07, 6.45) is 3.46. The maximum Gasteiger partial charge on any atom is 0.274 e. The molecule has 1 aliphatic heterocycles. The topological polar surface area (TPSA) is 78.0 Å². The zero-order chi connectivity index (χ0) is 16.4. The molecule has 0 aromatic carbocycles. The van der Waals surface area contributed by atoms with Crippen molar-refractivity contribution in [3.8, 4) is 10.6 Å². The lowest BCUT2D eigenvalue weighted by atomic mass is 10.2. The van der Waals surface area contributed by atoms with Crippen molar-refractivity contribution in [2.75, 3.05) is 31.1 Å². The Labute approximate surface area is 143 Å². The number of hydrogen-bond acceptors (Lipinski definition) is 6. The lowest BCUT2D eigenvalue weighted by Crippen LogP contribution is -2.49. The number of H-pyrrole nitrogens is 1. The van der Waals surface area contributed by atoms with Crippen LogP contribution in [0.5, 0.6) is 0 Å². The molecule has 1 amide bonds. The highest BCUT2D eigenvalue weighted by molar-refractivity contribution is 7.13. The van der Waals surface area contributed by atoms with E-state index in [0.717, 1.165) is 23.7 Å². The number of amides is 1. The average molecular weight is 340 g/mol. The molecule has 1 fully saturated rings. The SMILES string of the molecule is O=C(c1cc(-c2cccs2)[nH]n1)N1CCN(c2ncccn2)CC1. The first-order valence-electron chi connectivity index (χ1n) is 7.72. The molecule has 3 aromatic heterocycles. The Hall–Kier alpha value is -2.74. The number of piperazine rings is 1. The highest BCUT2D eigenvalue weighted by Gasteiger charge is 2.25. The fraction of sp³-hybridized carbons (Fsp3) is 0.250. The van der Waals surface area contributed by atoms with Crippen LogP contribution in [-0.2, 0) is 0 Å². The zero-order valence-electron chi connectivity index (χ0n) is 12.9. The van der Waals surface area contributed by atoms with Gasteiger partial charge >= 0.3 is 0 Å². The van der Waals surface area contributed by atoms with Crippen molar-refractivity contribution in [1.29, 1.82) is 0 Å². The summed E-state index contributed by atoms with van der Waals surface area (Å²) in [6, 6.07) is 7.60. The van der Waals surface area contributed by atoms with Crippen LogP contribution in [0.1, 0.15) is 10.5 Å². The number of aromatic nitrogens is 4. The van der Waals surface area contributed by atoms with Gasteiger partial charge in [0.05, 0.1) is 10.6 Å². The van der Waals surface area contributed by atoms with Crippen molar-refractivity contribution >= 4 is 23.2 Å². The Bertz CT molecular complexity index is 808. The summed E-state index contributed by atoms with van der Waals surface area (Å²) >= 11 is 1.62. The van der Waals surface area contributed by atoms with Gasteiger partial charge in [-0.15, -0.1) is 11.3 Å². The summed E-state index contributed by atoms with van der Waals surface area (Å²) in [5, 5.41) is 9.12. The third kappa shape index (κ3) is 2.88. The summed E-state index contributed by atoms with van der Waals surface area (Å²) in [5.74, 6) is 0.673. The third-order valence-corrected chi connectivity index (χ3v) is 4.89. The molecule has 122 valence electrons. The minimum atomic E-state index is -0.0392. The van der Waals surface area contributed by atoms with E-state index in [0.29, 0.717) is 24.7 Å². The van der Waals surface area contributed by atoms with E-state index in [1.54, 1.807) is 29.8 Å². The van der Waals surface area contributed by atoms with Crippen molar-refractivity contribution < 1.29 is 4.79 Å². The molecule has 0 bridgehead atoms. The standard InChI is InChI=1S/C16H16N6OS/c23-15(13-11-12(19-20-13)14-3-1-10-24-14)21-6-8-22(9-7-21)16-17-4-2-5-18-16/h1-5,10-11H,6-9H2,(H,19,20). The fourth-order valence-corrected chi connectivity index (χ4v) is 3.41. The van der Waals surface area contributed by atoms with Crippen molar-refractivity contribution in [1.82, 2.24) is 25.1 Å². The molecular formula is C16H16N6OS. The molecule has 0 spiro atoms. The Balaban J connectivity index is 1.41. The predicted molar refractivity (Wildman–Crippen MR) is 92.0 cm³/mol. The normalized spacial score (nSPS) is 14.8. The van der Waals surface area contributed by atoms with Crippen LogP contribution in [0.3, 0.4) is 0 Å². The van der Waals surface area contributed by atoms with Crippen LogP contribution in [0, 0.1) is 0 Å². The number of aromatic amines is 1. The Morgan fingerprint density at radius 3 is 2.62 bits per heavy atom. The van der Waals surface area contributed by atoms with E-state index in [1.807, 2.05) is 28.5 Å². The number of thiophene rings is 1. The molecule has 1 N–H and O–H groups in total. The second kappa shape index (κ2) is 6.40. The van der Waals surface area contributed by atoms with Gasteiger partial charge in [0.15, 0.2) is 5.69 Å². The Kier molecular flexibility index (Phi) is 3.96. The van der Waals surface area contributed by atoms with Gasteiger partial charge in [0, 0.05) is 38.6 Å². The van der Waals surface area contributed by atoms with Crippen LogP contribution in [0.25, 0.3) is 10.6 Å². The highest BCUT2D eigenvalue weighted by atomic mass is 32.1. The molecule has 24 heavy (non-hydrogen) atoms. The van der Waals surface area contributed by atoms with Gasteiger partial charge in [0.1, 0.15) is 0 Å². The minimum Gasteiger partial charge on any atom is -0.337 e. The minimum absolute atomic E-state index is 0.0392. The van der Waals surface area contributed by atoms with E-state index in [1.165, 1.54) is 0 Å². The zero-order valence-corrected chi connectivity index (χ0v) is 13.7. The van der Waals surface area contributed by atoms with Gasteiger partial charge in [0.25, 0.3) is 5.91 Å². The van der Waals surface area contributed by atoms with Crippen LogP contribution in [0.15, 0.2) is 42.0 Å². The molecule has 7 nitrogen and oxygen atoms in total. The first kappa shape index (κ1) is 14.8. The number of carbonyl (C=O) groups is 1. The molecule has 4 rings (SSSR count). The first-order chi connectivity index (χ1) is 11.8. The van der Waals surface area contributed by atoms with Crippen LogP contribution in [-0.4, -0.2) is 57.2 Å². The largest absolute Gasteiger partial charge is 0.337 e. The molecule has 0 saturated carbocycles. The van der Waals surface area contributed by atoms with Crippen molar-refractivity contribution in [3.05, 3.63) is 47.7 Å². The van der Waals surface area contributed by atoms with Gasteiger partial charge in [0.2, 0.25) is 5.95 Å². The van der Waals surface area contributed by atoms with Crippen molar-refractivity contribution in [2.24, 2.45) is 0 Å². The Morgan fingerprint density at radius 1 is 1.12 bits per heavy atom. The summed E-state index contributed by atoms with van der Waals surface area (Å²) in [6.45, 7) is 2.71. The lowest BCUT2D eigenvalue weighted by molar-refractivity contribution is 0.0740. The monoisotopic (exact) mass is 340 g/mol. The van der Waals surface area contributed by atoms with Crippen LogP contribution < -0.4 is 4.90 Å². The maximum absolute atomic E-state index is 12.6. The molecule has 1 saturated heterocycles. The molecular weight excluding hydrogens is 324 g/mol. The van der Waals surface area contributed by atoms with Crippen LogP contribution in [0.4, 0.5) is 5.95 Å². The van der Waals surface area contributed by atoms with E-state index in [9.17, 15) is 4.79 Å². The molecule has 0 radical (unpaired) electrons. The summed E-state index contributed by atoms with van der Waals surface area (Å²) < 4.78 is 0. The molecule has 4 heterocycles. The van der Waals surface area contributed by atoms with E-state index in [4.69, 9.17) is 0 Å². The van der Waals surface area contributed by atoms with Gasteiger partial charge < -0.3 is 9.80 Å². The third-order valence-electron chi connectivity index (χ3n) is 3.99. The summed E-state index contributed by atoms with van der Waals surface area (Å²) in [4.78, 5) is 26.1. The fourth-order valence-electron chi connectivity index (χ4n) is 2.72. The molecule has 3 aromatic rings. The molecule has 1 aliphatic rings. The maximum atomic E-state index is 12.6. The highest BCUT2D eigenvalue weighted by Crippen LogP contribution is 2.23. The van der Waals surface area contributed by atoms with Crippen LogP contribution in [0.2, 0.25) is 0 Å². The van der Waals surface area contributed by atoms with E-state index in [2.05, 4.69) is 25.1 Å². The van der Waals surface area contributed by atoms with Crippen molar-refractivity contribution in [3.63, 3.8) is 0 Å². The first-order valence-corrected chi connectivity index (χ1v) is 8.60. The second-order valence-corrected chi connectivity index (χ2v) is 6.42. The van der Waals surface area contributed by atoms with Gasteiger partial charge in [-0.25, -0.2) is 9.97 Å². The van der Waals surface area contributed by atoms with Gasteiger partial charge in [-0.3, -0.25) is 9.89 Å². The second-order valence-electron chi connectivity index (χ2n) is 5.47. The number of hydrogen-bond donors (Lipinski definition) is 1. The lowest BCUT2D eigenvalue weighted by Gasteiger charge is -2.34. The number of rotatable bonds is 3. The number of anilines is 1. The Morgan fingerprint density at radius 2 is 1.92 bits per heavy atom. The molecule has 0 aliphatic carbocycles. The number of carbonyl (C=O) groups excluding carboxylic acids is 1. The number of nitrogens with one attached hydrogen (secondary N) is 1. The molecule has 0 atom stereocenters.